The summed E-state index contributed by atoms with van der Waals surface area (Å²) in [4.78, 5) is 19.2. The number of nitrogens with one attached hydrogen (secondary N) is 1. The Bertz CT molecular complexity index is 743. The molecule has 0 radical (unpaired) electrons. The molecule has 4 heteroatoms. The lowest BCUT2D eigenvalue weighted by molar-refractivity contribution is 0.0694. The minimum Gasteiger partial charge on any atom is -0.360 e. The average molecular weight is 298 g/mol. The van der Waals surface area contributed by atoms with Gasteiger partial charge in [0.2, 0.25) is 0 Å². The van der Waals surface area contributed by atoms with Crippen molar-refractivity contribution < 1.29 is 4.79 Å². The fourth-order valence-electron chi connectivity index (χ4n) is 2.46. The Kier molecular flexibility index (Phi) is 3.80. The van der Waals surface area contributed by atoms with E-state index in [-0.39, 0.29) is 11.9 Å². The summed E-state index contributed by atoms with van der Waals surface area (Å²) in [5, 5.41) is 3.03. The van der Waals surface area contributed by atoms with E-state index in [4.69, 9.17) is 0 Å². The quantitative estimate of drug-likeness (QED) is 0.766. The van der Waals surface area contributed by atoms with Gasteiger partial charge >= 0.3 is 0 Å². The van der Waals surface area contributed by atoms with E-state index < -0.39 is 0 Å². The van der Waals surface area contributed by atoms with Gasteiger partial charge in [0.05, 0.1) is 12.1 Å². The number of rotatable bonds is 4. The van der Waals surface area contributed by atoms with Crippen LogP contribution in [-0.4, -0.2) is 21.8 Å². The Hall–Kier alpha value is -2.07. The lowest BCUT2D eigenvalue weighted by Gasteiger charge is -2.26. The van der Waals surface area contributed by atoms with Gasteiger partial charge in [-0.1, -0.05) is 24.3 Å². The molecule has 0 unspecified atom stereocenters. The molecule has 2 aromatic heterocycles. The Balaban J connectivity index is 1.94. The molecule has 2 heterocycles. The Morgan fingerprint density at radius 1 is 1.24 bits per heavy atom. The number of aromatic amines is 1. The minimum atomic E-state index is 0.0795. The van der Waals surface area contributed by atoms with Gasteiger partial charge in [0.25, 0.3) is 5.91 Å². The second-order valence-electron chi connectivity index (χ2n) is 5.35. The van der Waals surface area contributed by atoms with Crippen molar-refractivity contribution in [3.63, 3.8) is 0 Å². The van der Waals surface area contributed by atoms with Gasteiger partial charge in [-0.15, -0.1) is 11.3 Å². The van der Waals surface area contributed by atoms with Crippen LogP contribution in [-0.2, 0) is 6.54 Å². The van der Waals surface area contributed by atoms with Crippen molar-refractivity contribution in [2.45, 2.75) is 26.4 Å². The maximum atomic E-state index is 12.9. The number of amides is 1. The highest BCUT2D eigenvalue weighted by atomic mass is 32.1. The third kappa shape index (κ3) is 2.72. The summed E-state index contributed by atoms with van der Waals surface area (Å²) in [6.07, 6.45) is 1.82. The van der Waals surface area contributed by atoms with Gasteiger partial charge in [0.15, 0.2) is 0 Å². The van der Waals surface area contributed by atoms with E-state index in [1.54, 1.807) is 11.3 Å². The van der Waals surface area contributed by atoms with Gasteiger partial charge in [0.1, 0.15) is 0 Å². The molecular formula is C17H18N2OS. The number of thiophene rings is 1. The smallest absolute Gasteiger partial charge is 0.256 e. The second kappa shape index (κ2) is 5.74. The average Bonchev–Trinajstić information content (AvgIpc) is 3.13. The summed E-state index contributed by atoms with van der Waals surface area (Å²) >= 11 is 1.69. The fraction of sp³-hybridized carbons (Fsp3) is 0.235. The Morgan fingerprint density at radius 3 is 2.76 bits per heavy atom. The molecule has 0 saturated carbocycles. The number of fused-ring (bicyclic) bond motifs is 1. The van der Waals surface area contributed by atoms with Crippen LogP contribution >= 0.6 is 11.3 Å². The van der Waals surface area contributed by atoms with Gasteiger partial charge in [0, 0.05) is 28.0 Å². The number of nitrogens with zero attached hydrogens (tertiary/aromatic N) is 1. The van der Waals surface area contributed by atoms with E-state index in [0.29, 0.717) is 6.54 Å². The molecule has 1 aromatic carbocycles. The van der Waals surface area contributed by atoms with Crippen molar-refractivity contribution in [1.29, 1.82) is 0 Å². The SMILES string of the molecule is CC(C)N(Cc1cccs1)C(=O)c1c[nH]c2ccccc12. The standard InChI is InChI=1S/C17H18N2OS/c1-12(2)19(11-13-6-5-9-21-13)17(20)15-10-18-16-8-4-3-7-14(15)16/h3-10,12,18H,11H2,1-2H3. The zero-order valence-electron chi connectivity index (χ0n) is 12.2. The normalized spacial score (nSPS) is 11.2. The molecule has 0 aliphatic carbocycles. The monoisotopic (exact) mass is 298 g/mol. The van der Waals surface area contributed by atoms with Crippen LogP contribution in [0, 0.1) is 0 Å². The topological polar surface area (TPSA) is 36.1 Å². The van der Waals surface area contributed by atoms with Crippen LogP contribution in [0.1, 0.15) is 29.1 Å². The van der Waals surface area contributed by atoms with Crippen LogP contribution in [0.5, 0.6) is 0 Å². The molecule has 0 aliphatic heterocycles. The highest BCUT2D eigenvalue weighted by Gasteiger charge is 2.22. The summed E-state index contributed by atoms with van der Waals surface area (Å²) in [6.45, 7) is 4.77. The predicted molar refractivity (Wildman–Crippen MR) is 87.6 cm³/mol. The lowest BCUT2D eigenvalue weighted by Crippen LogP contribution is -2.36. The molecular weight excluding hydrogens is 280 g/mol. The third-order valence-corrected chi connectivity index (χ3v) is 4.47. The van der Waals surface area contributed by atoms with E-state index in [1.807, 2.05) is 46.8 Å². The molecule has 1 N–H and O–H groups in total. The highest BCUT2D eigenvalue weighted by Crippen LogP contribution is 2.22. The highest BCUT2D eigenvalue weighted by molar-refractivity contribution is 7.09. The van der Waals surface area contributed by atoms with Gasteiger partial charge in [-0.2, -0.15) is 0 Å². The van der Waals surface area contributed by atoms with Crippen LogP contribution < -0.4 is 0 Å². The fourth-order valence-corrected chi connectivity index (χ4v) is 3.17. The van der Waals surface area contributed by atoms with Gasteiger partial charge in [-0.25, -0.2) is 0 Å². The molecule has 3 nitrogen and oxygen atoms in total. The van der Waals surface area contributed by atoms with Crippen molar-refractivity contribution in [3.05, 3.63) is 58.4 Å². The second-order valence-corrected chi connectivity index (χ2v) is 6.39. The summed E-state index contributed by atoms with van der Waals surface area (Å²) in [7, 11) is 0. The number of benzene rings is 1. The van der Waals surface area contributed by atoms with E-state index in [9.17, 15) is 4.79 Å². The molecule has 0 atom stereocenters. The van der Waals surface area contributed by atoms with Gasteiger partial charge in [-0.3, -0.25) is 4.79 Å². The van der Waals surface area contributed by atoms with Crippen molar-refractivity contribution >= 4 is 28.1 Å². The lowest BCUT2D eigenvalue weighted by atomic mass is 10.1. The van der Waals surface area contributed by atoms with Crippen LogP contribution in [0.3, 0.4) is 0 Å². The number of H-pyrrole nitrogens is 1. The number of aromatic nitrogens is 1. The molecule has 1 amide bonds. The maximum Gasteiger partial charge on any atom is 0.256 e. The first kappa shape index (κ1) is 13.9. The van der Waals surface area contributed by atoms with E-state index >= 15 is 0 Å². The van der Waals surface area contributed by atoms with Gasteiger partial charge in [-0.05, 0) is 31.4 Å². The van der Waals surface area contributed by atoms with Crippen LogP contribution in [0.15, 0.2) is 48.0 Å². The van der Waals surface area contributed by atoms with Gasteiger partial charge < -0.3 is 9.88 Å². The summed E-state index contributed by atoms with van der Waals surface area (Å²) in [5.74, 6) is 0.0795. The maximum absolute atomic E-state index is 12.9. The molecule has 0 saturated heterocycles. The van der Waals surface area contributed by atoms with E-state index in [1.165, 1.54) is 4.88 Å². The molecule has 108 valence electrons. The Morgan fingerprint density at radius 2 is 2.05 bits per heavy atom. The summed E-state index contributed by atoms with van der Waals surface area (Å²) < 4.78 is 0. The molecule has 3 rings (SSSR count). The van der Waals surface area contributed by atoms with Crippen LogP contribution in [0.2, 0.25) is 0 Å². The number of hydrogen-bond acceptors (Lipinski definition) is 2. The number of para-hydroxylation sites is 1. The number of carbonyl (C=O) groups excluding carboxylic acids is 1. The molecule has 21 heavy (non-hydrogen) atoms. The first-order chi connectivity index (χ1) is 10.2. The van der Waals surface area contributed by atoms with Crippen molar-refractivity contribution in [2.75, 3.05) is 0 Å². The molecule has 0 bridgehead atoms. The molecule has 0 fully saturated rings. The van der Waals surface area contributed by atoms with E-state index in [0.717, 1.165) is 16.5 Å². The van der Waals surface area contributed by atoms with Crippen molar-refractivity contribution in [1.82, 2.24) is 9.88 Å². The van der Waals surface area contributed by atoms with Crippen LogP contribution in [0.4, 0.5) is 0 Å². The van der Waals surface area contributed by atoms with Crippen LogP contribution in [0.25, 0.3) is 10.9 Å². The number of carbonyl (C=O) groups is 1. The summed E-state index contributed by atoms with van der Waals surface area (Å²) in [6, 6.07) is 12.2. The molecule has 0 aliphatic rings. The zero-order valence-corrected chi connectivity index (χ0v) is 13.0. The summed E-state index contributed by atoms with van der Waals surface area (Å²) in [5.41, 5.74) is 1.75. The Labute approximate surface area is 128 Å². The predicted octanol–water partition coefficient (Wildman–Crippen LogP) is 4.28. The minimum absolute atomic E-state index is 0.0795. The van der Waals surface area contributed by atoms with Crippen molar-refractivity contribution in [2.24, 2.45) is 0 Å². The van der Waals surface area contributed by atoms with E-state index in [2.05, 4.69) is 24.9 Å². The zero-order chi connectivity index (χ0) is 14.8. The molecule has 3 aromatic rings. The third-order valence-electron chi connectivity index (χ3n) is 3.61. The first-order valence-electron chi connectivity index (χ1n) is 7.06. The number of hydrogen-bond donors (Lipinski definition) is 1. The largest absolute Gasteiger partial charge is 0.360 e. The first-order valence-corrected chi connectivity index (χ1v) is 7.94. The molecule has 0 spiro atoms. The van der Waals surface area contributed by atoms with Crippen molar-refractivity contribution in [3.8, 4) is 0 Å².